The van der Waals surface area contributed by atoms with Crippen molar-refractivity contribution in [3.05, 3.63) is 0 Å². The number of imide groups is 1. The summed E-state index contributed by atoms with van der Waals surface area (Å²) >= 11 is 0. The summed E-state index contributed by atoms with van der Waals surface area (Å²) in [6.45, 7) is 2.02. The van der Waals surface area contributed by atoms with Gasteiger partial charge < -0.3 is 5.32 Å². The van der Waals surface area contributed by atoms with Crippen molar-refractivity contribution >= 4 is 17.7 Å². The molecule has 0 aromatic rings. The fraction of sp³-hybridized carbons (Fsp3) is 0.833. The molecule has 1 aliphatic heterocycles. The van der Waals surface area contributed by atoms with E-state index < -0.39 is 0 Å². The molecule has 1 heterocycles. The number of likely N-dealkylation sites (tertiary alicyclic amines) is 1. The van der Waals surface area contributed by atoms with Crippen molar-refractivity contribution in [2.45, 2.75) is 64.3 Å². The maximum absolute atomic E-state index is 12.3. The summed E-state index contributed by atoms with van der Waals surface area (Å²) < 4.78 is 0. The third-order valence-corrected chi connectivity index (χ3v) is 6.84. The van der Waals surface area contributed by atoms with Crippen LogP contribution in [0.15, 0.2) is 0 Å². The van der Waals surface area contributed by atoms with E-state index in [0.29, 0.717) is 0 Å². The van der Waals surface area contributed by atoms with Gasteiger partial charge in [0.15, 0.2) is 0 Å². The molecule has 5 nitrogen and oxygen atoms in total. The molecule has 0 unspecified atom stereocenters. The molecule has 5 aliphatic rings. The highest BCUT2D eigenvalue weighted by Gasteiger charge is 2.53. The zero-order valence-corrected chi connectivity index (χ0v) is 13.8. The van der Waals surface area contributed by atoms with E-state index in [0.717, 1.165) is 22.7 Å². The Bertz CT molecular complexity index is 505. The second-order valence-electron chi connectivity index (χ2n) is 8.44. The molecule has 1 saturated heterocycles. The summed E-state index contributed by atoms with van der Waals surface area (Å²) in [6, 6.07) is 0.135. The maximum Gasteiger partial charge on any atom is 0.240 e. The molecule has 0 aromatic carbocycles. The summed E-state index contributed by atoms with van der Waals surface area (Å²) in [7, 11) is 0. The largest absolute Gasteiger partial charge is 0.352 e. The predicted octanol–water partition coefficient (Wildman–Crippen LogP) is 1.86. The second kappa shape index (κ2) is 5.32. The van der Waals surface area contributed by atoms with Crippen LogP contribution in [0.5, 0.6) is 0 Å². The Hall–Kier alpha value is -1.39. The van der Waals surface area contributed by atoms with E-state index in [2.05, 4.69) is 12.2 Å². The molecular weight excluding hydrogens is 292 g/mol. The molecule has 126 valence electrons. The van der Waals surface area contributed by atoms with Crippen LogP contribution in [0.4, 0.5) is 0 Å². The first-order valence-corrected chi connectivity index (χ1v) is 9.08. The average Bonchev–Trinajstić information content (AvgIpc) is 2.77. The third-order valence-electron chi connectivity index (χ3n) is 6.84. The minimum Gasteiger partial charge on any atom is -0.352 e. The van der Waals surface area contributed by atoms with Gasteiger partial charge in [0.2, 0.25) is 17.7 Å². The Morgan fingerprint density at radius 1 is 1.09 bits per heavy atom. The van der Waals surface area contributed by atoms with Crippen molar-refractivity contribution in [1.29, 1.82) is 0 Å². The summed E-state index contributed by atoms with van der Waals surface area (Å²) in [5.41, 5.74) is 0.253. The lowest BCUT2D eigenvalue weighted by molar-refractivity contribution is -0.143. The van der Waals surface area contributed by atoms with Crippen molar-refractivity contribution in [3.63, 3.8) is 0 Å². The van der Waals surface area contributed by atoms with Crippen molar-refractivity contribution in [2.24, 2.45) is 23.2 Å². The topological polar surface area (TPSA) is 66.5 Å². The molecule has 0 spiro atoms. The highest BCUT2D eigenvalue weighted by molar-refractivity contribution is 6.04. The number of carbonyl (C=O) groups excluding carboxylic acids is 3. The van der Waals surface area contributed by atoms with Crippen molar-refractivity contribution in [1.82, 2.24) is 10.2 Å². The van der Waals surface area contributed by atoms with Crippen LogP contribution in [-0.2, 0) is 14.4 Å². The van der Waals surface area contributed by atoms with E-state index in [4.69, 9.17) is 0 Å². The SMILES string of the molecule is C[C@H](NC(=O)CN1C(=O)CCC1=O)C12CC3CC(CC(C3)C1)C2. The van der Waals surface area contributed by atoms with E-state index >= 15 is 0 Å². The third kappa shape index (κ3) is 2.58. The van der Waals surface area contributed by atoms with Crippen molar-refractivity contribution < 1.29 is 14.4 Å². The molecule has 5 heteroatoms. The molecule has 5 fully saturated rings. The van der Waals surface area contributed by atoms with Gasteiger partial charge in [-0.05, 0) is 68.6 Å². The lowest BCUT2D eigenvalue weighted by atomic mass is 9.48. The molecule has 4 saturated carbocycles. The molecule has 1 N–H and O–H groups in total. The Morgan fingerprint density at radius 2 is 1.57 bits per heavy atom. The first-order chi connectivity index (χ1) is 10.9. The van der Waals surface area contributed by atoms with E-state index in [1.165, 1.54) is 38.5 Å². The predicted molar refractivity (Wildman–Crippen MR) is 84.2 cm³/mol. The van der Waals surface area contributed by atoms with Crippen LogP contribution in [-0.4, -0.2) is 35.2 Å². The zero-order valence-electron chi connectivity index (χ0n) is 13.8. The normalized spacial score (nSPS) is 39.9. The molecule has 23 heavy (non-hydrogen) atoms. The number of nitrogens with one attached hydrogen (secondary N) is 1. The molecule has 4 bridgehead atoms. The Kier molecular flexibility index (Phi) is 3.50. The van der Waals surface area contributed by atoms with E-state index in [1.807, 2.05) is 0 Å². The molecule has 0 aromatic heterocycles. The summed E-state index contributed by atoms with van der Waals surface area (Å²) in [6.07, 6.45) is 8.36. The highest BCUT2D eigenvalue weighted by Crippen LogP contribution is 2.61. The van der Waals surface area contributed by atoms with Crippen LogP contribution in [0.25, 0.3) is 0 Å². The van der Waals surface area contributed by atoms with Gasteiger partial charge >= 0.3 is 0 Å². The van der Waals surface area contributed by atoms with Crippen LogP contribution in [0, 0.1) is 23.2 Å². The zero-order chi connectivity index (χ0) is 16.2. The average molecular weight is 318 g/mol. The van der Waals surface area contributed by atoms with Gasteiger partial charge in [-0.3, -0.25) is 19.3 Å². The number of hydrogen-bond acceptors (Lipinski definition) is 3. The molecule has 3 amide bonds. The summed E-state index contributed by atoms with van der Waals surface area (Å²) in [5, 5.41) is 3.12. The van der Waals surface area contributed by atoms with Gasteiger partial charge in [-0.15, -0.1) is 0 Å². The number of carbonyl (C=O) groups is 3. The molecule has 1 atom stereocenters. The molecule has 4 aliphatic carbocycles. The van der Waals surface area contributed by atoms with E-state index in [1.54, 1.807) is 0 Å². The van der Waals surface area contributed by atoms with E-state index in [-0.39, 0.29) is 48.6 Å². The van der Waals surface area contributed by atoms with Gasteiger partial charge in [0.1, 0.15) is 6.54 Å². The fourth-order valence-electron chi connectivity index (χ4n) is 6.09. The quantitative estimate of drug-likeness (QED) is 0.805. The second-order valence-corrected chi connectivity index (χ2v) is 8.44. The van der Waals surface area contributed by atoms with Gasteiger partial charge in [-0.25, -0.2) is 0 Å². The van der Waals surface area contributed by atoms with Crippen LogP contribution in [0.3, 0.4) is 0 Å². The number of rotatable bonds is 4. The highest BCUT2D eigenvalue weighted by atomic mass is 16.2. The Labute approximate surface area is 137 Å². The van der Waals surface area contributed by atoms with Crippen LogP contribution in [0.1, 0.15) is 58.3 Å². The van der Waals surface area contributed by atoms with Gasteiger partial charge in [-0.2, -0.15) is 0 Å². The minimum atomic E-state index is -0.215. The Morgan fingerprint density at radius 3 is 2.04 bits per heavy atom. The Balaban J connectivity index is 1.40. The monoisotopic (exact) mass is 318 g/mol. The number of amides is 3. The van der Waals surface area contributed by atoms with Crippen LogP contribution < -0.4 is 5.32 Å². The van der Waals surface area contributed by atoms with E-state index in [9.17, 15) is 14.4 Å². The molecular formula is C18H26N2O3. The summed E-state index contributed by atoms with van der Waals surface area (Å²) in [5.74, 6) is 1.93. The number of nitrogens with zero attached hydrogens (tertiary/aromatic N) is 1. The van der Waals surface area contributed by atoms with Gasteiger partial charge in [0, 0.05) is 18.9 Å². The standard InChI is InChI=1S/C18H26N2O3/c1-11(19-15(21)10-20-16(22)2-3-17(20)23)18-7-12-4-13(8-18)6-14(5-12)9-18/h11-14H,2-10H2,1H3,(H,19,21)/t11-,12?,13?,14?,18?/m0/s1. The fourth-order valence-corrected chi connectivity index (χ4v) is 6.09. The van der Waals surface area contributed by atoms with Crippen molar-refractivity contribution in [2.75, 3.05) is 6.54 Å². The lowest BCUT2D eigenvalue weighted by Crippen LogP contribution is -2.56. The number of hydrogen-bond donors (Lipinski definition) is 1. The van der Waals surface area contributed by atoms with Crippen LogP contribution in [0.2, 0.25) is 0 Å². The summed E-state index contributed by atoms with van der Waals surface area (Å²) in [4.78, 5) is 36.8. The van der Waals surface area contributed by atoms with Crippen LogP contribution >= 0.6 is 0 Å². The smallest absolute Gasteiger partial charge is 0.240 e. The van der Waals surface area contributed by atoms with Gasteiger partial charge in [-0.1, -0.05) is 0 Å². The molecule has 5 rings (SSSR count). The maximum atomic E-state index is 12.3. The van der Waals surface area contributed by atoms with Crippen molar-refractivity contribution in [3.8, 4) is 0 Å². The van der Waals surface area contributed by atoms with Gasteiger partial charge in [0.05, 0.1) is 0 Å². The first kappa shape index (κ1) is 15.2. The molecule has 0 radical (unpaired) electrons. The first-order valence-electron chi connectivity index (χ1n) is 9.08. The lowest BCUT2D eigenvalue weighted by Gasteiger charge is -2.59. The minimum absolute atomic E-state index is 0.103. The van der Waals surface area contributed by atoms with Gasteiger partial charge in [0.25, 0.3) is 0 Å².